The quantitative estimate of drug-likeness (QED) is 0.0104. The standard InChI is InChI=1S/C24H32FNO2SSi.C20H20FNO3S.C13H23NOSSi.C11H10ClFO.C7H9NOS.C6H15ClSi.3C6H15N.C4H6O3.CHI3.CH2I2.CH2I.I3.HI.V/c1-24(2,3)30(4,5)28-21-14-17-15-26(13-12-20(17)29-21)22(23(27)16-10-11-16)18-8-6-7-9-19(18)25;1-12(23)25-18-10-14-11-22(9-8-17(14)26-18)19(20(24)13-6-7-13)15-4-2-3-5-16(15)21;1-13(2,3)17(4,5)15-12-8-10-9-14-7-6-11(10)16-12;12-10(11(14)7-5-6-7)8-3-1-2-4-9(8)13;9-7-3-5-4-8-2-1-6(5)10-7;1-6(2,3)8(4,5)7;3*1-4-7(5-2)6-3;1-3(5)7-4(2)6;2-1(3)4;2-1-3;1-2;1-3-2;;/h6-9,14,16,22H,10-13,15H2,1-5H3;2-5,10,13,19H,6-9,11H2,1H3;8,14H,6-7,9H2,1-5H3;1-4,7,10H,5-6H2;8H,1-4H2;1-5H3;3*4-6H2,1-3H3;1-2H3;1H;1H2;1H2;;1H;/q;;;;;;;;;;;;2*-1;;. The number of halogens is 15. The number of carbonyl (C=O) groups excluding carboxylic acids is 7. The van der Waals surface area contributed by atoms with Crippen molar-refractivity contribution in [3.63, 3.8) is 0 Å². The van der Waals surface area contributed by atoms with Crippen LogP contribution in [0.3, 0.4) is 0 Å². The van der Waals surface area contributed by atoms with Crippen LogP contribution in [-0.2, 0) is 95.8 Å². The van der Waals surface area contributed by atoms with Crippen LogP contribution in [0.2, 0.25) is 54.4 Å². The van der Waals surface area contributed by atoms with Crippen LogP contribution in [0.4, 0.5) is 13.2 Å². The summed E-state index contributed by atoms with van der Waals surface area (Å²) in [5.41, 5.74) is 6.34. The smallest absolute Gasteiger partial charge is 0.197 e. The molecule has 3 aromatic heterocycles. The van der Waals surface area contributed by atoms with Gasteiger partial charge in [-0.1, -0.05) is 317 Å². The van der Waals surface area contributed by atoms with Gasteiger partial charge < -0.3 is 66.2 Å². The van der Waals surface area contributed by atoms with Crippen molar-refractivity contribution in [3.8, 4) is 15.2 Å². The number of hydrogen-bond donors (Lipinski definition) is 2. The second-order valence-corrected chi connectivity index (χ2v) is 92.9. The predicted molar refractivity (Wildman–Crippen MR) is 699 cm³/mol. The van der Waals surface area contributed by atoms with E-state index in [1.165, 1.54) is 160 Å². The fraction of sp³-hybridized carbons (Fsp3) is 0.623. The van der Waals surface area contributed by atoms with E-state index >= 15 is 0 Å². The average Bonchev–Trinajstić information content (AvgIpc) is 1.65. The maximum Gasteiger partial charge on any atom is 0.197 e. The van der Waals surface area contributed by atoms with Gasteiger partial charge in [-0.25, -0.2) is 13.2 Å². The van der Waals surface area contributed by atoms with Crippen molar-refractivity contribution in [2.75, 3.05) is 94.1 Å². The minimum absolute atomic E-state index is 0. The number of ketones is 3. The first-order valence-corrected chi connectivity index (χ1v) is 84.3. The molecule has 0 spiro atoms. The van der Waals surface area contributed by atoms with Crippen molar-refractivity contribution in [1.82, 2.24) is 35.1 Å². The SMILES string of the molecule is CC(=O)OC(C)=O.CC(=O)Oc1cc2c(s1)CCN(C(C(=O)C1CC1)c1ccccc1F)C2.CC(C)(C)[Si](C)(C)Cl.CC(C)(C)[Si](C)(C)Oc1cc2c(s1)CCN(C(C(=O)C1CC1)c1ccccc1F)C2.CC(C)(C)[Si](C)(C)Oc1cc2c(s1)CCNC2.CCN(CC)CC.CCN(CC)CC.CCN(CC)CC.I.IC(I)I.ICI.I[I-]I.O=C(C1CC1)C(Cl)c1ccccc1F.O=C1CC2=C(CCNC2)S1.[CH2-]I.[V]. The predicted octanol–water partition coefficient (Wildman–Crippen LogP) is 30.4. The first-order chi connectivity index (χ1) is 67.9. The van der Waals surface area contributed by atoms with E-state index in [-0.39, 0.29) is 105 Å². The molecule has 3 saturated carbocycles. The van der Waals surface area contributed by atoms with Gasteiger partial charge in [0.2, 0.25) is 0 Å². The van der Waals surface area contributed by atoms with Crippen LogP contribution in [0.5, 0.6) is 15.2 Å². The molecule has 5 aliphatic heterocycles. The second-order valence-electron chi connectivity index (χ2n) is 39.7. The molecule has 3 atom stereocenters. The molecule has 14 rings (SSSR count). The molecule has 0 bridgehead atoms. The Bertz CT molecular complexity index is 4730. The summed E-state index contributed by atoms with van der Waals surface area (Å²) in [4.78, 5) is 99.3. The van der Waals surface area contributed by atoms with Crippen molar-refractivity contribution in [2.45, 2.75) is 307 Å². The van der Waals surface area contributed by atoms with Crippen LogP contribution in [0.25, 0.3) is 0 Å². The molecular formula is C106H166Cl2F3I10N7O11S4Si3V-2. The van der Waals surface area contributed by atoms with Gasteiger partial charge in [0.1, 0.15) is 22.8 Å². The molecule has 6 aromatic rings. The molecule has 18 nitrogen and oxygen atoms in total. The minimum atomic E-state index is -1.89. The summed E-state index contributed by atoms with van der Waals surface area (Å²) in [5.74, 6) is -2.01. The summed E-state index contributed by atoms with van der Waals surface area (Å²) in [7, 11) is -4.95. The number of esters is 3. The Morgan fingerprint density at radius 3 is 1.09 bits per heavy atom. The average molecular weight is 3370 g/mol. The van der Waals surface area contributed by atoms with E-state index in [0.717, 1.165) is 113 Å². The Hall–Kier alpha value is 2.37. The number of Topliss-reactive ketones (excluding diaryl/α,β-unsaturated/α-hetero) is 3. The van der Waals surface area contributed by atoms with Gasteiger partial charge in [0.15, 0.2) is 45.0 Å². The zero-order valence-corrected chi connectivity index (χ0v) is 122. The molecule has 41 heteroatoms. The van der Waals surface area contributed by atoms with Crippen molar-refractivity contribution in [1.29, 1.82) is 0 Å². The van der Waals surface area contributed by atoms with E-state index in [4.69, 9.17) is 36.3 Å². The molecule has 3 fully saturated rings. The van der Waals surface area contributed by atoms with E-state index in [1.54, 1.807) is 59.9 Å². The van der Waals surface area contributed by atoms with Gasteiger partial charge in [0.05, 0.1) is 14.5 Å². The van der Waals surface area contributed by atoms with E-state index in [1.807, 2.05) is 46.1 Å². The molecule has 3 aromatic carbocycles. The zero-order chi connectivity index (χ0) is 111. The number of thiophene rings is 3. The summed E-state index contributed by atoms with van der Waals surface area (Å²) in [6.45, 7) is 74.6. The minimum Gasteiger partial charge on any atom is -0.319 e. The summed E-state index contributed by atoms with van der Waals surface area (Å²) in [6.07, 6.45) is 10.0. The van der Waals surface area contributed by atoms with Crippen LogP contribution in [0.15, 0.2) is 101 Å². The van der Waals surface area contributed by atoms with E-state index in [0.29, 0.717) is 71.2 Å². The van der Waals surface area contributed by atoms with Crippen molar-refractivity contribution >= 4 is 330 Å². The van der Waals surface area contributed by atoms with Crippen LogP contribution in [0.1, 0.15) is 262 Å². The summed E-state index contributed by atoms with van der Waals surface area (Å²) < 4.78 is 66.3. The molecule has 3 aliphatic carbocycles. The Kier molecular flexibility index (Phi) is 81.8. The number of carbonyl (C=O) groups is 7. The van der Waals surface area contributed by atoms with Crippen molar-refractivity contribution in [3.05, 3.63) is 172 Å². The van der Waals surface area contributed by atoms with Gasteiger partial charge in [-0.2, -0.15) is 11.1 Å². The van der Waals surface area contributed by atoms with Gasteiger partial charge in [0, 0.05) is 141 Å². The Morgan fingerprint density at radius 2 is 0.803 bits per heavy atom. The molecule has 0 amide bonds. The molecule has 147 heavy (non-hydrogen) atoms. The monoisotopic (exact) mass is 3370 g/mol. The van der Waals surface area contributed by atoms with Gasteiger partial charge in [-0.15, -0.1) is 69.6 Å². The summed E-state index contributed by atoms with van der Waals surface area (Å²) in [5, 5.41) is 9.64. The zero-order valence-electron chi connectivity index (χ0n) is 91.4. The van der Waals surface area contributed by atoms with E-state index in [9.17, 15) is 46.7 Å². The Balaban J connectivity index is 0. The molecule has 3 unspecified atom stereocenters. The van der Waals surface area contributed by atoms with Gasteiger partial charge >= 0.3 is 68.4 Å². The van der Waals surface area contributed by atoms with Crippen LogP contribution >= 0.6 is 265 Å². The van der Waals surface area contributed by atoms with E-state index < -0.39 is 59.2 Å². The summed E-state index contributed by atoms with van der Waals surface area (Å²) >= 11 is 37.3. The Morgan fingerprint density at radius 1 is 0.503 bits per heavy atom. The number of nitrogens with zero attached hydrogens (tertiary/aromatic N) is 5. The molecule has 1 radical (unpaired) electrons. The maximum absolute atomic E-state index is 14.6. The number of thioether (sulfide) groups is 1. The van der Waals surface area contributed by atoms with Gasteiger partial charge in [0.25, 0.3) is 16.6 Å². The molecule has 0 saturated heterocycles. The number of rotatable bonds is 25. The molecule has 2 N–H and O–H groups in total. The normalized spacial score (nSPS) is 15.6. The summed E-state index contributed by atoms with van der Waals surface area (Å²) in [6, 6.07) is 24.7. The fourth-order valence-electron chi connectivity index (χ4n) is 14.0. The third-order valence-electron chi connectivity index (χ3n) is 26.0. The number of nitrogens with one attached hydrogen (secondary N) is 2. The molecule has 839 valence electrons. The van der Waals surface area contributed by atoms with Crippen LogP contribution in [0, 0.1) is 40.1 Å². The van der Waals surface area contributed by atoms with Crippen LogP contribution in [-0.4, -0.2) is 183 Å². The van der Waals surface area contributed by atoms with Crippen molar-refractivity contribution in [2.24, 2.45) is 17.8 Å². The van der Waals surface area contributed by atoms with Gasteiger partial charge in [-0.3, -0.25) is 48.3 Å². The number of alkyl halides is 6. The number of fused-ring (bicyclic) bond motifs is 3. The van der Waals surface area contributed by atoms with Crippen molar-refractivity contribution < 1.29 is 96.9 Å². The number of ether oxygens (including phenoxy) is 2. The third kappa shape index (κ3) is 59.4. The second kappa shape index (κ2) is 79.5. The maximum atomic E-state index is 14.6. The number of hydrogen-bond acceptors (Lipinski definition) is 22. The largest absolute Gasteiger partial charge is 0.319 e. The topological polar surface area (TPSA) is 197 Å². The molecular weight excluding hydrogens is 3210 g/mol. The molecule has 8 heterocycles. The fourth-order valence-corrected chi connectivity index (χ4v) is 21.6. The molecule has 8 aliphatic rings. The Labute approximate surface area is 1050 Å². The third-order valence-corrected chi connectivity index (χ3v) is 45.2. The van der Waals surface area contributed by atoms with E-state index in [2.05, 4.69) is 371 Å². The first-order valence-electron chi connectivity index (χ1n) is 49.9. The first kappa shape index (κ1) is 151. The number of benzene rings is 3. The van der Waals surface area contributed by atoms with Crippen LogP contribution < -0.4 is 37.5 Å². The van der Waals surface area contributed by atoms with Gasteiger partial charge in [-0.05, 0) is 235 Å².